The van der Waals surface area contributed by atoms with E-state index in [1.165, 1.54) is 12.3 Å². The van der Waals surface area contributed by atoms with Crippen LogP contribution in [0.3, 0.4) is 0 Å². The summed E-state index contributed by atoms with van der Waals surface area (Å²) in [6.07, 6.45) is 8.81. The van der Waals surface area contributed by atoms with Crippen LogP contribution in [0.2, 0.25) is 0 Å². The first-order chi connectivity index (χ1) is 15.1. The first-order valence-corrected chi connectivity index (χ1v) is 9.59. The molecule has 8 nitrogen and oxygen atoms in total. The molecule has 1 aromatic carbocycles. The number of hydrogen-bond donors (Lipinski definition) is 1. The Morgan fingerprint density at radius 1 is 1.10 bits per heavy atom. The Hall–Kier alpha value is -4.27. The molecule has 0 amide bonds. The molecule has 0 unspecified atom stereocenters. The molecule has 9 heteroatoms. The van der Waals surface area contributed by atoms with Gasteiger partial charge >= 0.3 is 0 Å². The van der Waals surface area contributed by atoms with E-state index in [1.807, 2.05) is 12.3 Å². The summed E-state index contributed by atoms with van der Waals surface area (Å²) in [7, 11) is 0. The van der Waals surface area contributed by atoms with E-state index in [4.69, 9.17) is 5.41 Å². The van der Waals surface area contributed by atoms with Gasteiger partial charge in [-0.05, 0) is 29.8 Å². The summed E-state index contributed by atoms with van der Waals surface area (Å²) in [4.78, 5) is 4.40. The minimum absolute atomic E-state index is 0.225. The van der Waals surface area contributed by atoms with E-state index in [0.717, 1.165) is 22.2 Å². The van der Waals surface area contributed by atoms with Gasteiger partial charge in [0.1, 0.15) is 5.82 Å². The maximum Gasteiger partial charge on any atom is 0.177 e. The number of pyridine rings is 1. The fraction of sp³-hybridized carbons (Fsp3) is 0.0909. The molecule has 0 atom stereocenters. The first-order valence-electron chi connectivity index (χ1n) is 9.59. The van der Waals surface area contributed by atoms with E-state index in [0.29, 0.717) is 29.0 Å². The van der Waals surface area contributed by atoms with Crippen LogP contribution in [0, 0.1) is 11.2 Å². The summed E-state index contributed by atoms with van der Waals surface area (Å²) in [6.45, 7) is 3.70. The van der Waals surface area contributed by atoms with Gasteiger partial charge < -0.3 is 5.41 Å². The molecule has 152 valence electrons. The van der Waals surface area contributed by atoms with E-state index in [-0.39, 0.29) is 12.2 Å². The molecule has 0 saturated carbocycles. The molecule has 0 fully saturated rings. The van der Waals surface area contributed by atoms with Crippen molar-refractivity contribution in [2.24, 2.45) is 0 Å². The van der Waals surface area contributed by atoms with Gasteiger partial charge in [0.15, 0.2) is 11.5 Å². The van der Waals surface area contributed by atoms with Crippen molar-refractivity contribution in [2.45, 2.75) is 12.8 Å². The highest BCUT2D eigenvalue weighted by atomic mass is 19.1. The maximum absolute atomic E-state index is 14.8. The molecule has 5 rings (SSSR count). The Kier molecular flexibility index (Phi) is 4.55. The smallest absolute Gasteiger partial charge is 0.177 e. The molecule has 31 heavy (non-hydrogen) atoms. The summed E-state index contributed by atoms with van der Waals surface area (Å²) >= 11 is 0. The van der Waals surface area contributed by atoms with Gasteiger partial charge in [0.25, 0.3) is 0 Å². The van der Waals surface area contributed by atoms with Gasteiger partial charge in [0.2, 0.25) is 0 Å². The van der Waals surface area contributed by atoms with Crippen molar-refractivity contribution in [3.05, 3.63) is 78.4 Å². The standard InChI is InChI=1S/C22H17FN8/c1-2-30-13-17(12-26-30)16-8-15-7-14(19(23)10-20(15)25-11-16)9-22-28-27-21-4-3-18(5-6-24)29-31(21)22/h2-4,6-8,10-13,24H,1,5,9H2. The molecule has 5 aromatic rings. The van der Waals surface area contributed by atoms with E-state index in [2.05, 4.69) is 32.0 Å². The molecule has 0 aliphatic rings. The minimum Gasteiger partial charge on any atom is -0.313 e. The lowest BCUT2D eigenvalue weighted by Gasteiger charge is -2.07. The number of halogens is 1. The number of nitrogens with zero attached hydrogens (tertiary/aromatic N) is 7. The van der Waals surface area contributed by atoms with Crippen LogP contribution in [0.25, 0.3) is 33.9 Å². The number of rotatable bonds is 6. The normalized spacial score (nSPS) is 11.3. The summed E-state index contributed by atoms with van der Waals surface area (Å²) in [6, 6.07) is 8.76. The van der Waals surface area contributed by atoms with Crippen molar-refractivity contribution >= 4 is 29.0 Å². The van der Waals surface area contributed by atoms with E-state index < -0.39 is 0 Å². The maximum atomic E-state index is 14.8. The van der Waals surface area contributed by atoms with Crippen LogP contribution in [0.5, 0.6) is 0 Å². The Morgan fingerprint density at radius 2 is 2.00 bits per heavy atom. The molecule has 4 aromatic heterocycles. The lowest BCUT2D eigenvalue weighted by atomic mass is 10.0. The van der Waals surface area contributed by atoms with Gasteiger partial charge in [-0.15, -0.1) is 10.2 Å². The Balaban J connectivity index is 1.54. The lowest BCUT2D eigenvalue weighted by Crippen LogP contribution is -2.04. The largest absolute Gasteiger partial charge is 0.313 e. The second-order valence-electron chi connectivity index (χ2n) is 7.05. The van der Waals surface area contributed by atoms with Crippen molar-refractivity contribution < 1.29 is 4.39 Å². The highest BCUT2D eigenvalue weighted by Gasteiger charge is 2.13. The predicted octanol–water partition coefficient (Wildman–Crippen LogP) is 3.56. The van der Waals surface area contributed by atoms with Crippen molar-refractivity contribution in [1.29, 1.82) is 5.41 Å². The molecule has 0 spiro atoms. The fourth-order valence-corrected chi connectivity index (χ4v) is 3.44. The zero-order chi connectivity index (χ0) is 21.4. The number of aromatic nitrogens is 7. The molecule has 0 saturated heterocycles. The van der Waals surface area contributed by atoms with Crippen molar-refractivity contribution in [3.8, 4) is 11.1 Å². The zero-order valence-electron chi connectivity index (χ0n) is 16.4. The summed E-state index contributed by atoms with van der Waals surface area (Å²) in [5.74, 6) is 0.163. The molecule has 0 aliphatic carbocycles. The number of benzene rings is 1. The van der Waals surface area contributed by atoms with Crippen molar-refractivity contribution in [3.63, 3.8) is 0 Å². The van der Waals surface area contributed by atoms with Crippen molar-refractivity contribution in [2.75, 3.05) is 0 Å². The monoisotopic (exact) mass is 412 g/mol. The van der Waals surface area contributed by atoms with Gasteiger partial charge in [-0.2, -0.15) is 14.7 Å². The van der Waals surface area contributed by atoms with Gasteiger partial charge in [-0.1, -0.05) is 6.58 Å². The topological polar surface area (TPSA) is 97.6 Å². The number of fused-ring (bicyclic) bond motifs is 2. The third kappa shape index (κ3) is 3.46. The summed E-state index contributed by atoms with van der Waals surface area (Å²) in [5, 5.41) is 25.0. The molecule has 4 heterocycles. The van der Waals surface area contributed by atoms with Crippen LogP contribution >= 0.6 is 0 Å². The number of nitrogens with one attached hydrogen (secondary N) is 1. The second kappa shape index (κ2) is 7.52. The highest BCUT2D eigenvalue weighted by Crippen LogP contribution is 2.25. The van der Waals surface area contributed by atoms with Crippen LogP contribution in [-0.2, 0) is 12.8 Å². The van der Waals surface area contributed by atoms with Crippen LogP contribution in [-0.4, -0.2) is 40.8 Å². The summed E-state index contributed by atoms with van der Waals surface area (Å²) < 4.78 is 18.0. The molecule has 0 aliphatic heterocycles. The van der Waals surface area contributed by atoms with Crippen LogP contribution in [0.4, 0.5) is 4.39 Å². The first kappa shape index (κ1) is 18.7. The van der Waals surface area contributed by atoms with Gasteiger partial charge in [-0.25, -0.2) is 9.07 Å². The molecular weight excluding hydrogens is 395 g/mol. The third-order valence-electron chi connectivity index (χ3n) is 5.01. The van der Waals surface area contributed by atoms with E-state index in [9.17, 15) is 4.39 Å². The van der Waals surface area contributed by atoms with Crippen LogP contribution in [0.1, 0.15) is 17.1 Å². The second-order valence-corrected chi connectivity index (χ2v) is 7.05. The Bertz CT molecular complexity index is 1450. The Labute approximate surface area is 176 Å². The highest BCUT2D eigenvalue weighted by molar-refractivity contribution is 5.84. The van der Waals surface area contributed by atoms with Gasteiger partial charge in [0.05, 0.1) is 17.4 Å². The minimum atomic E-state index is -0.361. The van der Waals surface area contributed by atoms with Crippen LogP contribution in [0.15, 0.2) is 55.5 Å². The van der Waals surface area contributed by atoms with Gasteiger partial charge in [0, 0.05) is 60.2 Å². The Morgan fingerprint density at radius 3 is 2.81 bits per heavy atom. The molecule has 0 radical (unpaired) electrons. The number of hydrogen-bond acceptors (Lipinski definition) is 6. The average molecular weight is 412 g/mol. The predicted molar refractivity (Wildman–Crippen MR) is 115 cm³/mol. The summed E-state index contributed by atoms with van der Waals surface area (Å²) in [5.41, 5.74) is 4.11. The molecule has 1 N–H and O–H groups in total. The van der Waals surface area contributed by atoms with Gasteiger partial charge in [-0.3, -0.25) is 4.98 Å². The third-order valence-corrected chi connectivity index (χ3v) is 5.01. The zero-order valence-corrected chi connectivity index (χ0v) is 16.4. The SMILES string of the molecule is C=Cn1cc(-c2cnc3cc(F)c(Cc4nnc5ccc(CC=N)nn45)cc3c2)cn1. The van der Waals surface area contributed by atoms with E-state index >= 15 is 0 Å². The van der Waals surface area contributed by atoms with Crippen LogP contribution < -0.4 is 0 Å². The lowest BCUT2D eigenvalue weighted by molar-refractivity contribution is 0.612. The fourth-order valence-electron chi connectivity index (χ4n) is 3.44. The van der Waals surface area contributed by atoms with Crippen molar-refractivity contribution in [1.82, 2.24) is 34.6 Å². The average Bonchev–Trinajstić information content (AvgIpc) is 3.41. The van der Waals surface area contributed by atoms with E-state index in [1.54, 1.807) is 46.0 Å². The quantitative estimate of drug-likeness (QED) is 0.430. The molecular formula is C22H17FN8. The molecule has 0 bridgehead atoms.